The van der Waals surface area contributed by atoms with Crippen LogP contribution in [-0.2, 0) is 16.0 Å². The molecule has 1 aromatic heterocycles. The summed E-state index contributed by atoms with van der Waals surface area (Å²) in [6.45, 7) is 2.07. The van der Waals surface area contributed by atoms with Gasteiger partial charge in [0.2, 0.25) is 11.8 Å². The molecule has 1 saturated heterocycles. The number of hydrogen-bond acceptors (Lipinski definition) is 4. The highest BCUT2D eigenvalue weighted by Gasteiger charge is 2.39. The summed E-state index contributed by atoms with van der Waals surface area (Å²) < 4.78 is 1.16. The summed E-state index contributed by atoms with van der Waals surface area (Å²) in [5.74, 6) is -0.553. The first kappa shape index (κ1) is 18.7. The fourth-order valence-electron chi connectivity index (χ4n) is 3.93. The highest BCUT2D eigenvalue weighted by molar-refractivity contribution is 7.21. The molecular weight excluding hydrogens is 392 g/mol. The van der Waals surface area contributed by atoms with Gasteiger partial charge in [-0.1, -0.05) is 36.4 Å². The first-order valence-electron chi connectivity index (χ1n) is 9.97. The Hall–Kier alpha value is -3.31. The molecule has 1 atom stereocenters. The number of amides is 2. The van der Waals surface area contributed by atoms with Crippen LogP contribution in [0.15, 0.2) is 72.8 Å². The second-order valence-electron chi connectivity index (χ2n) is 7.70. The summed E-state index contributed by atoms with van der Waals surface area (Å²) in [5, 5.41) is 0.933. The summed E-state index contributed by atoms with van der Waals surface area (Å²) in [6, 6.07) is 23.6. The number of hydrogen-bond donors (Lipinski definition) is 0. The number of rotatable bonds is 4. The highest BCUT2D eigenvalue weighted by Crippen LogP contribution is 2.33. The number of carbonyl (C=O) groups is 2. The van der Waals surface area contributed by atoms with Crippen LogP contribution in [0.2, 0.25) is 0 Å². The average molecular weight is 413 g/mol. The number of imide groups is 1. The molecule has 1 aliphatic heterocycles. The molecule has 148 valence electrons. The van der Waals surface area contributed by atoms with Gasteiger partial charge in [0, 0.05) is 12.0 Å². The second-order valence-corrected chi connectivity index (χ2v) is 8.73. The fraction of sp³-hybridized carbons (Fsp3) is 0.160. The molecule has 0 N–H and O–H groups in total. The summed E-state index contributed by atoms with van der Waals surface area (Å²) in [7, 11) is 0. The zero-order valence-electron chi connectivity index (χ0n) is 16.5. The van der Waals surface area contributed by atoms with E-state index in [1.54, 1.807) is 11.3 Å². The van der Waals surface area contributed by atoms with Gasteiger partial charge in [-0.05, 0) is 60.9 Å². The van der Waals surface area contributed by atoms with Crippen LogP contribution in [0.4, 0.5) is 5.69 Å². The van der Waals surface area contributed by atoms with Crippen molar-refractivity contribution in [3.05, 3.63) is 83.9 Å². The standard InChI is InChI=1S/C25H20N2O2S/c1-16-7-12-21-22(13-16)30-24(26-21)18-8-10-20(11-9-18)27-23(28)15-19(25(27)29)14-17-5-3-2-4-6-17/h2-13,19H,14-15H2,1H3. The molecule has 2 amide bonds. The Balaban J connectivity index is 1.38. The fourth-order valence-corrected chi connectivity index (χ4v) is 5.00. The first-order valence-corrected chi connectivity index (χ1v) is 10.8. The third kappa shape index (κ3) is 3.42. The van der Waals surface area contributed by atoms with Crippen molar-refractivity contribution >= 4 is 39.1 Å². The Morgan fingerprint density at radius 2 is 1.77 bits per heavy atom. The maximum Gasteiger partial charge on any atom is 0.237 e. The van der Waals surface area contributed by atoms with E-state index in [9.17, 15) is 9.59 Å². The van der Waals surface area contributed by atoms with E-state index in [1.165, 1.54) is 10.5 Å². The van der Waals surface area contributed by atoms with E-state index in [-0.39, 0.29) is 24.2 Å². The third-order valence-corrected chi connectivity index (χ3v) is 6.55. The van der Waals surface area contributed by atoms with E-state index in [1.807, 2.05) is 60.7 Å². The van der Waals surface area contributed by atoms with Gasteiger partial charge in [0.25, 0.3) is 0 Å². The van der Waals surface area contributed by atoms with Crippen molar-refractivity contribution in [2.75, 3.05) is 4.90 Å². The number of anilines is 1. The van der Waals surface area contributed by atoms with Crippen LogP contribution < -0.4 is 4.90 Å². The van der Waals surface area contributed by atoms with E-state index in [0.717, 1.165) is 26.4 Å². The van der Waals surface area contributed by atoms with Gasteiger partial charge < -0.3 is 0 Å². The lowest BCUT2D eigenvalue weighted by atomic mass is 9.98. The molecule has 0 bridgehead atoms. The first-order chi connectivity index (χ1) is 14.6. The Labute approximate surface area is 178 Å². The number of aryl methyl sites for hydroxylation is 1. The molecule has 0 radical (unpaired) electrons. The van der Waals surface area contributed by atoms with Gasteiger partial charge in [-0.15, -0.1) is 11.3 Å². The highest BCUT2D eigenvalue weighted by atomic mass is 32.1. The van der Waals surface area contributed by atoms with Crippen LogP contribution in [-0.4, -0.2) is 16.8 Å². The molecular formula is C25H20N2O2S. The summed E-state index contributed by atoms with van der Waals surface area (Å²) in [5.41, 5.74) is 4.88. The molecule has 0 saturated carbocycles. The van der Waals surface area contributed by atoms with Crippen molar-refractivity contribution in [2.45, 2.75) is 19.8 Å². The molecule has 4 nitrogen and oxygen atoms in total. The summed E-state index contributed by atoms with van der Waals surface area (Å²) in [4.78, 5) is 31.5. The molecule has 0 aliphatic carbocycles. The Bertz CT molecular complexity index is 1250. The van der Waals surface area contributed by atoms with Gasteiger partial charge in [0.1, 0.15) is 5.01 Å². The molecule has 3 aromatic carbocycles. The molecule has 1 aliphatic rings. The van der Waals surface area contributed by atoms with E-state index >= 15 is 0 Å². The third-order valence-electron chi connectivity index (χ3n) is 5.48. The van der Waals surface area contributed by atoms with Gasteiger partial charge in [0.15, 0.2) is 0 Å². The Morgan fingerprint density at radius 3 is 2.53 bits per heavy atom. The topological polar surface area (TPSA) is 50.3 Å². The summed E-state index contributed by atoms with van der Waals surface area (Å²) >= 11 is 1.65. The van der Waals surface area contributed by atoms with Gasteiger partial charge in [0.05, 0.1) is 21.8 Å². The van der Waals surface area contributed by atoms with Crippen LogP contribution in [0.1, 0.15) is 17.5 Å². The number of nitrogens with zero attached hydrogens (tertiary/aromatic N) is 2. The predicted octanol–water partition coefficient (Wildman–Crippen LogP) is 5.39. The SMILES string of the molecule is Cc1ccc2nc(-c3ccc(N4C(=O)CC(Cc5ccccc5)C4=O)cc3)sc2c1. The summed E-state index contributed by atoms with van der Waals surface area (Å²) in [6.07, 6.45) is 0.845. The van der Waals surface area contributed by atoms with Gasteiger partial charge in [-0.2, -0.15) is 0 Å². The van der Waals surface area contributed by atoms with Crippen molar-refractivity contribution in [1.29, 1.82) is 0 Å². The van der Waals surface area contributed by atoms with Crippen LogP contribution >= 0.6 is 11.3 Å². The smallest absolute Gasteiger partial charge is 0.237 e. The van der Waals surface area contributed by atoms with E-state index in [0.29, 0.717) is 12.1 Å². The lowest BCUT2D eigenvalue weighted by Gasteiger charge is -2.15. The van der Waals surface area contributed by atoms with Crippen molar-refractivity contribution < 1.29 is 9.59 Å². The quantitative estimate of drug-likeness (QED) is 0.422. The van der Waals surface area contributed by atoms with Crippen LogP contribution in [0.25, 0.3) is 20.8 Å². The predicted molar refractivity (Wildman–Crippen MR) is 121 cm³/mol. The Morgan fingerprint density at radius 1 is 1.00 bits per heavy atom. The van der Waals surface area contributed by atoms with Crippen molar-refractivity contribution in [1.82, 2.24) is 4.98 Å². The van der Waals surface area contributed by atoms with E-state index in [4.69, 9.17) is 4.98 Å². The molecule has 5 heteroatoms. The van der Waals surface area contributed by atoms with Crippen LogP contribution in [0.3, 0.4) is 0 Å². The van der Waals surface area contributed by atoms with Gasteiger partial charge >= 0.3 is 0 Å². The zero-order chi connectivity index (χ0) is 20.7. The van der Waals surface area contributed by atoms with Crippen molar-refractivity contribution in [3.8, 4) is 10.6 Å². The molecule has 4 aromatic rings. The second kappa shape index (κ2) is 7.50. The minimum absolute atomic E-state index is 0.118. The number of thiazole rings is 1. The average Bonchev–Trinajstić information content (AvgIpc) is 3.29. The molecule has 30 heavy (non-hydrogen) atoms. The number of fused-ring (bicyclic) bond motifs is 1. The number of aromatic nitrogens is 1. The lowest BCUT2D eigenvalue weighted by Crippen LogP contribution is -2.30. The number of benzene rings is 3. The van der Waals surface area contributed by atoms with Crippen molar-refractivity contribution in [2.24, 2.45) is 5.92 Å². The molecule has 0 spiro atoms. The van der Waals surface area contributed by atoms with Gasteiger partial charge in [-0.25, -0.2) is 4.98 Å². The monoisotopic (exact) mass is 412 g/mol. The minimum atomic E-state index is -0.299. The minimum Gasteiger partial charge on any atom is -0.274 e. The molecule has 1 unspecified atom stereocenters. The number of carbonyl (C=O) groups excluding carboxylic acids is 2. The van der Waals surface area contributed by atoms with Crippen LogP contribution in [0.5, 0.6) is 0 Å². The maximum absolute atomic E-state index is 12.9. The molecule has 1 fully saturated rings. The Kier molecular flexibility index (Phi) is 4.68. The molecule has 2 heterocycles. The lowest BCUT2D eigenvalue weighted by molar-refractivity contribution is -0.122. The maximum atomic E-state index is 12.9. The van der Waals surface area contributed by atoms with Gasteiger partial charge in [-0.3, -0.25) is 14.5 Å². The zero-order valence-corrected chi connectivity index (χ0v) is 17.4. The normalized spacial score (nSPS) is 16.6. The van der Waals surface area contributed by atoms with E-state index in [2.05, 4.69) is 19.1 Å². The largest absolute Gasteiger partial charge is 0.274 e. The van der Waals surface area contributed by atoms with E-state index < -0.39 is 0 Å². The molecule has 5 rings (SSSR count). The van der Waals surface area contributed by atoms with Crippen LogP contribution in [0, 0.1) is 12.8 Å². The van der Waals surface area contributed by atoms with Crippen molar-refractivity contribution in [3.63, 3.8) is 0 Å².